The molecule has 16 heavy (non-hydrogen) atoms. The maximum Gasteiger partial charge on any atom is 0.0366 e. The van der Waals surface area contributed by atoms with Crippen LogP contribution >= 0.6 is 0 Å². The van der Waals surface area contributed by atoms with Gasteiger partial charge in [0.25, 0.3) is 0 Å². The first-order chi connectivity index (χ1) is 7.70. The molecule has 0 saturated carbocycles. The maximum atomic E-state index is 5.85. The molecule has 2 heteroatoms. The number of benzene rings is 1. The third-order valence-corrected chi connectivity index (χ3v) is 3.65. The minimum absolute atomic E-state index is 0.135. The third kappa shape index (κ3) is 2.38. The minimum atomic E-state index is 0.135. The fourth-order valence-electron chi connectivity index (χ4n) is 2.39. The zero-order chi connectivity index (χ0) is 11.5. The second-order valence-corrected chi connectivity index (χ2v) is 4.89. The number of hydrogen-bond donors (Lipinski definition) is 1. The second-order valence-electron chi connectivity index (χ2n) is 4.89. The molecular formula is C14H22N2. The van der Waals surface area contributed by atoms with E-state index in [9.17, 15) is 0 Å². The number of nitrogens with two attached hydrogens (primary N) is 1. The Hall–Kier alpha value is -1.02. The molecule has 0 aliphatic carbocycles. The van der Waals surface area contributed by atoms with Crippen molar-refractivity contribution < 1.29 is 0 Å². The van der Waals surface area contributed by atoms with Crippen molar-refractivity contribution >= 4 is 5.69 Å². The molecule has 1 aliphatic heterocycles. The molecule has 1 aromatic rings. The van der Waals surface area contributed by atoms with Crippen molar-refractivity contribution in [1.82, 2.24) is 0 Å². The molecule has 1 saturated heterocycles. The van der Waals surface area contributed by atoms with Crippen LogP contribution in [-0.2, 0) is 0 Å². The van der Waals surface area contributed by atoms with E-state index >= 15 is 0 Å². The average molecular weight is 218 g/mol. The molecule has 1 aromatic carbocycles. The van der Waals surface area contributed by atoms with E-state index in [0.717, 1.165) is 5.92 Å². The van der Waals surface area contributed by atoms with Gasteiger partial charge in [0.15, 0.2) is 0 Å². The van der Waals surface area contributed by atoms with E-state index in [1.165, 1.54) is 37.2 Å². The highest BCUT2D eigenvalue weighted by molar-refractivity contribution is 5.48. The fraction of sp³-hybridized carbons (Fsp3) is 0.571. The average Bonchev–Trinajstić information content (AvgIpc) is 2.77. The smallest absolute Gasteiger partial charge is 0.0366 e. The van der Waals surface area contributed by atoms with E-state index in [2.05, 4.69) is 36.1 Å². The van der Waals surface area contributed by atoms with Crippen LogP contribution in [0.3, 0.4) is 0 Å². The molecule has 1 unspecified atom stereocenters. The molecular weight excluding hydrogens is 196 g/mol. The predicted octanol–water partition coefficient (Wildman–Crippen LogP) is 2.94. The quantitative estimate of drug-likeness (QED) is 0.845. The van der Waals surface area contributed by atoms with Crippen LogP contribution in [0.2, 0.25) is 0 Å². The summed E-state index contributed by atoms with van der Waals surface area (Å²) in [6.07, 6.45) is 2.64. The fourth-order valence-corrected chi connectivity index (χ4v) is 2.39. The molecule has 0 spiro atoms. The lowest BCUT2D eigenvalue weighted by Crippen LogP contribution is -2.19. The van der Waals surface area contributed by atoms with Crippen LogP contribution in [0.4, 0.5) is 5.69 Å². The zero-order valence-electron chi connectivity index (χ0n) is 10.3. The van der Waals surface area contributed by atoms with Crippen molar-refractivity contribution in [3.8, 4) is 0 Å². The Bertz CT molecular complexity index is 329. The molecule has 0 aromatic heterocycles. The van der Waals surface area contributed by atoms with Gasteiger partial charge in [-0.2, -0.15) is 0 Å². The molecule has 0 amide bonds. The first-order valence-corrected chi connectivity index (χ1v) is 6.31. The molecule has 2 atom stereocenters. The van der Waals surface area contributed by atoms with Crippen molar-refractivity contribution in [2.24, 2.45) is 11.7 Å². The van der Waals surface area contributed by atoms with E-state index in [-0.39, 0.29) is 6.04 Å². The van der Waals surface area contributed by atoms with E-state index in [0.29, 0.717) is 0 Å². The summed E-state index contributed by atoms with van der Waals surface area (Å²) in [7, 11) is 0. The van der Waals surface area contributed by atoms with Gasteiger partial charge in [-0.25, -0.2) is 0 Å². The summed E-state index contributed by atoms with van der Waals surface area (Å²) in [6, 6.07) is 8.85. The molecule has 88 valence electrons. The van der Waals surface area contributed by atoms with Gasteiger partial charge in [-0.3, -0.25) is 0 Å². The van der Waals surface area contributed by atoms with Crippen molar-refractivity contribution in [3.05, 3.63) is 29.8 Å². The van der Waals surface area contributed by atoms with E-state index < -0.39 is 0 Å². The Balaban J connectivity index is 2.05. The van der Waals surface area contributed by atoms with Crippen molar-refractivity contribution in [1.29, 1.82) is 0 Å². The Labute approximate surface area is 98.4 Å². The molecule has 0 radical (unpaired) electrons. The maximum absolute atomic E-state index is 5.85. The summed E-state index contributed by atoms with van der Waals surface area (Å²) in [5, 5.41) is 0. The SMILES string of the molecule is CCC1CCN(c2ccc([C@H](C)N)cc2)C1. The van der Waals surface area contributed by atoms with Gasteiger partial charge in [0.2, 0.25) is 0 Å². The zero-order valence-corrected chi connectivity index (χ0v) is 10.3. The van der Waals surface area contributed by atoms with E-state index in [1.807, 2.05) is 6.92 Å². The van der Waals surface area contributed by atoms with Crippen LogP contribution in [0, 0.1) is 5.92 Å². The van der Waals surface area contributed by atoms with Gasteiger partial charge in [-0.05, 0) is 37.0 Å². The molecule has 1 heterocycles. The van der Waals surface area contributed by atoms with Gasteiger partial charge >= 0.3 is 0 Å². The highest BCUT2D eigenvalue weighted by atomic mass is 15.1. The summed E-state index contributed by atoms with van der Waals surface area (Å²) in [5.41, 5.74) is 8.41. The van der Waals surface area contributed by atoms with Crippen LogP contribution < -0.4 is 10.6 Å². The predicted molar refractivity (Wildman–Crippen MR) is 69.7 cm³/mol. The van der Waals surface area contributed by atoms with Crippen LogP contribution in [0.25, 0.3) is 0 Å². The highest BCUT2D eigenvalue weighted by Crippen LogP contribution is 2.26. The molecule has 2 nitrogen and oxygen atoms in total. The molecule has 1 aliphatic rings. The Kier molecular flexibility index (Phi) is 3.49. The van der Waals surface area contributed by atoms with Crippen molar-refractivity contribution in [3.63, 3.8) is 0 Å². The van der Waals surface area contributed by atoms with Gasteiger partial charge in [-0.1, -0.05) is 25.5 Å². The molecule has 1 fully saturated rings. The van der Waals surface area contributed by atoms with E-state index in [4.69, 9.17) is 5.73 Å². The first-order valence-electron chi connectivity index (χ1n) is 6.31. The molecule has 2 rings (SSSR count). The highest BCUT2D eigenvalue weighted by Gasteiger charge is 2.20. The monoisotopic (exact) mass is 218 g/mol. The van der Waals surface area contributed by atoms with Crippen LogP contribution in [0.1, 0.15) is 38.3 Å². The summed E-state index contributed by atoms with van der Waals surface area (Å²) >= 11 is 0. The van der Waals surface area contributed by atoms with Crippen LogP contribution in [0.5, 0.6) is 0 Å². The van der Waals surface area contributed by atoms with E-state index in [1.54, 1.807) is 0 Å². The minimum Gasteiger partial charge on any atom is -0.371 e. The van der Waals surface area contributed by atoms with Crippen LogP contribution in [0.15, 0.2) is 24.3 Å². The largest absolute Gasteiger partial charge is 0.371 e. The normalized spacial score (nSPS) is 22.4. The van der Waals surface area contributed by atoms with Gasteiger partial charge < -0.3 is 10.6 Å². The lowest BCUT2D eigenvalue weighted by molar-refractivity contribution is 0.569. The van der Waals surface area contributed by atoms with Crippen molar-refractivity contribution in [2.75, 3.05) is 18.0 Å². The van der Waals surface area contributed by atoms with Gasteiger partial charge in [0.05, 0.1) is 0 Å². The number of nitrogens with zero attached hydrogens (tertiary/aromatic N) is 1. The lowest BCUT2D eigenvalue weighted by Gasteiger charge is -2.19. The van der Waals surface area contributed by atoms with Gasteiger partial charge in [0, 0.05) is 24.8 Å². The summed E-state index contributed by atoms with van der Waals surface area (Å²) < 4.78 is 0. The topological polar surface area (TPSA) is 29.3 Å². The molecule has 2 N–H and O–H groups in total. The first kappa shape index (κ1) is 11.5. The van der Waals surface area contributed by atoms with Crippen LogP contribution in [-0.4, -0.2) is 13.1 Å². The number of anilines is 1. The second kappa shape index (κ2) is 4.88. The van der Waals surface area contributed by atoms with Gasteiger partial charge in [0.1, 0.15) is 0 Å². The lowest BCUT2D eigenvalue weighted by atomic mass is 10.1. The third-order valence-electron chi connectivity index (χ3n) is 3.65. The number of rotatable bonds is 3. The Morgan fingerprint density at radius 3 is 2.56 bits per heavy atom. The molecule has 0 bridgehead atoms. The Morgan fingerprint density at radius 2 is 2.06 bits per heavy atom. The summed E-state index contributed by atoms with van der Waals surface area (Å²) in [5.74, 6) is 0.883. The summed E-state index contributed by atoms with van der Waals surface area (Å²) in [4.78, 5) is 2.49. The Morgan fingerprint density at radius 1 is 1.38 bits per heavy atom. The van der Waals surface area contributed by atoms with Crippen molar-refractivity contribution in [2.45, 2.75) is 32.7 Å². The standard InChI is InChI=1S/C14H22N2/c1-3-12-8-9-16(10-12)14-6-4-13(5-7-14)11(2)15/h4-7,11-12H,3,8-10,15H2,1-2H3/t11-,12?/m0/s1. The summed E-state index contributed by atoms with van der Waals surface area (Å²) in [6.45, 7) is 6.73. The number of hydrogen-bond acceptors (Lipinski definition) is 2. The van der Waals surface area contributed by atoms with Gasteiger partial charge in [-0.15, -0.1) is 0 Å².